The van der Waals surface area contributed by atoms with Crippen LogP contribution in [0, 0.1) is 0 Å². The molecule has 0 spiro atoms. The zero-order chi connectivity index (χ0) is 7.61. The van der Waals surface area contributed by atoms with Crippen molar-refractivity contribution in [2.75, 3.05) is 0 Å². The maximum Gasteiger partial charge on any atom is 0.178 e. The maximum absolute atomic E-state index is 3.83. The molecule has 10 heavy (non-hydrogen) atoms. The van der Waals surface area contributed by atoms with Crippen LogP contribution >= 0.6 is 0 Å². The van der Waals surface area contributed by atoms with E-state index in [1.54, 1.807) is 0 Å². The minimum absolute atomic E-state index is 1.32. The van der Waals surface area contributed by atoms with Crippen LogP contribution in [-0.4, -0.2) is 12.5 Å². The van der Waals surface area contributed by atoms with Gasteiger partial charge in [0.25, 0.3) is 0 Å². The highest BCUT2D eigenvalue weighted by Crippen LogP contribution is 2.06. The van der Waals surface area contributed by atoms with Gasteiger partial charge in [-0.3, -0.25) is 0 Å². The predicted molar refractivity (Wildman–Crippen MR) is 47.5 cm³/mol. The van der Waals surface area contributed by atoms with Crippen LogP contribution in [0.3, 0.4) is 0 Å². The Kier molecular flexibility index (Phi) is 1.81. The first-order valence-corrected chi connectivity index (χ1v) is 6.46. The summed E-state index contributed by atoms with van der Waals surface area (Å²) in [6.07, 6.45) is 4.21. The van der Waals surface area contributed by atoms with Crippen molar-refractivity contribution in [3.05, 3.63) is 36.8 Å². The van der Waals surface area contributed by atoms with Gasteiger partial charge in [0.2, 0.25) is 0 Å². The molecule has 0 bridgehead atoms. The molecule has 0 aliphatic carbocycles. The van der Waals surface area contributed by atoms with Gasteiger partial charge in [-0.05, 0) is 37.6 Å². The summed E-state index contributed by atoms with van der Waals surface area (Å²) in [6, 6.07) is 4.11. The summed E-state index contributed by atoms with van der Waals surface area (Å²) in [5.74, 6) is 0. The highest BCUT2D eigenvalue weighted by molar-refractivity contribution is 6.80. The standard InChI is InChI=1S/C8H13NSi/c1-4-10(2,3)9-7-5-6-8-9/h4-8H,1H2,2-3H3. The molecular weight excluding hydrogens is 138 g/mol. The van der Waals surface area contributed by atoms with Crippen molar-refractivity contribution in [1.82, 2.24) is 4.23 Å². The largest absolute Gasteiger partial charge is 0.377 e. The smallest absolute Gasteiger partial charge is 0.178 e. The molecule has 0 aliphatic heterocycles. The average molecular weight is 151 g/mol. The van der Waals surface area contributed by atoms with Crippen molar-refractivity contribution >= 4 is 8.24 Å². The summed E-state index contributed by atoms with van der Waals surface area (Å²) in [5, 5.41) is 0. The molecule has 0 fully saturated rings. The first kappa shape index (κ1) is 7.35. The highest BCUT2D eigenvalue weighted by Gasteiger charge is 2.16. The topological polar surface area (TPSA) is 4.93 Å². The summed E-state index contributed by atoms with van der Waals surface area (Å²) in [4.78, 5) is 0. The fourth-order valence-corrected chi connectivity index (χ4v) is 1.98. The van der Waals surface area contributed by atoms with Gasteiger partial charge >= 0.3 is 0 Å². The fourth-order valence-electron chi connectivity index (χ4n) is 0.824. The number of aromatic nitrogens is 1. The van der Waals surface area contributed by atoms with Gasteiger partial charge in [-0.2, -0.15) is 0 Å². The van der Waals surface area contributed by atoms with E-state index in [0.717, 1.165) is 0 Å². The maximum atomic E-state index is 3.83. The lowest BCUT2D eigenvalue weighted by Gasteiger charge is -2.18. The summed E-state index contributed by atoms with van der Waals surface area (Å²) >= 11 is 0. The van der Waals surface area contributed by atoms with E-state index in [0.29, 0.717) is 0 Å². The minimum atomic E-state index is -1.32. The molecule has 1 nitrogen and oxygen atoms in total. The number of hydrogen-bond acceptors (Lipinski definition) is 0. The molecule has 2 heteroatoms. The Bertz CT molecular complexity index is 211. The number of nitrogens with zero attached hydrogens (tertiary/aromatic N) is 1. The second kappa shape index (κ2) is 2.46. The Hall–Kier alpha value is -0.763. The van der Waals surface area contributed by atoms with Crippen LogP contribution in [0.4, 0.5) is 0 Å². The van der Waals surface area contributed by atoms with Gasteiger partial charge in [-0.1, -0.05) is 5.70 Å². The molecule has 0 atom stereocenters. The Balaban J connectivity index is 2.95. The molecule has 1 aromatic rings. The van der Waals surface area contributed by atoms with Crippen molar-refractivity contribution in [1.29, 1.82) is 0 Å². The molecule has 54 valence electrons. The van der Waals surface area contributed by atoms with Crippen molar-refractivity contribution in [3.63, 3.8) is 0 Å². The van der Waals surface area contributed by atoms with Crippen LogP contribution in [0.2, 0.25) is 13.1 Å². The molecule has 0 aromatic carbocycles. The second-order valence-electron chi connectivity index (χ2n) is 2.95. The van der Waals surface area contributed by atoms with Crippen molar-refractivity contribution in [2.24, 2.45) is 0 Å². The van der Waals surface area contributed by atoms with E-state index >= 15 is 0 Å². The molecule has 0 aliphatic rings. The minimum Gasteiger partial charge on any atom is -0.377 e. The highest BCUT2D eigenvalue weighted by atomic mass is 28.3. The lowest BCUT2D eigenvalue weighted by atomic mass is 10.7. The predicted octanol–water partition coefficient (Wildman–Crippen LogP) is 2.27. The quantitative estimate of drug-likeness (QED) is 0.571. The van der Waals surface area contributed by atoms with Gasteiger partial charge in [-0.25, -0.2) is 0 Å². The van der Waals surface area contributed by atoms with Crippen LogP contribution in [0.1, 0.15) is 0 Å². The fraction of sp³-hybridized carbons (Fsp3) is 0.250. The average Bonchev–Trinajstić information content (AvgIpc) is 2.38. The van der Waals surface area contributed by atoms with Crippen LogP contribution in [0.25, 0.3) is 0 Å². The molecule has 0 N–H and O–H groups in total. The van der Waals surface area contributed by atoms with Crippen LogP contribution < -0.4 is 0 Å². The third-order valence-corrected chi connectivity index (χ3v) is 4.40. The molecule has 0 amide bonds. The second-order valence-corrected chi connectivity index (χ2v) is 7.18. The summed E-state index contributed by atoms with van der Waals surface area (Å²) in [7, 11) is -1.32. The molecule has 1 aromatic heterocycles. The zero-order valence-corrected chi connectivity index (χ0v) is 7.54. The third kappa shape index (κ3) is 1.21. The van der Waals surface area contributed by atoms with Crippen molar-refractivity contribution in [2.45, 2.75) is 13.1 Å². The van der Waals surface area contributed by atoms with Crippen molar-refractivity contribution in [3.8, 4) is 0 Å². The van der Waals surface area contributed by atoms with E-state index in [4.69, 9.17) is 0 Å². The summed E-state index contributed by atoms with van der Waals surface area (Å²) < 4.78 is 2.26. The Labute approximate surface area is 63.1 Å². The normalized spacial score (nSPS) is 11.4. The van der Waals surface area contributed by atoms with Gasteiger partial charge in [0.05, 0.1) is 0 Å². The van der Waals surface area contributed by atoms with E-state index in [1.807, 2.05) is 0 Å². The number of hydrogen-bond donors (Lipinski definition) is 0. The monoisotopic (exact) mass is 151 g/mol. The van der Waals surface area contributed by atoms with Crippen LogP contribution in [-0.2, 0) is 0 Å². The first-order chi connectivity index (χ1) is 4.67. The summed E-state index contributed by atoms with van der Waals surface area (Å²) in [5.41, 5.74) is 2.08. The summed E-state index contributed by atoms with van der Waals surface area (Å²) in [6.45, 7) is 8.36. The van der Waals surface area contributed by atoms with Gasteiger partial charge < -0.3 is 4.23 Å². The third-order valence-electron chi connectivity index (χ3n) is 1.77. The molecular formula is C8H13NSi. The van der Waals surface area contributed by atoms with E-state index in [-0.39, 0.29) is 0 Å². The Morgan fingerprint density at radius 2 is 1.80 bits per heavy atom. The van der Waals surface area contributed by atoms with E-state index in [9.17, 15) is 0 Å². The Morgan fingerprint density at radius 1 is 1.30 bits per heavy atom. The molecule has 1 heterocycles. The Morgan fingerprint density at radius 3 is 2.20 bits per heavy atom. The van der Waals surface area contributed by atoms with Gasteiger partial charge in [0, 0.05) is 0 Å². The van der Waals surface area contributed by atoms with Crippen molar-refractivity contribution < 1.29 is 0 Å². The van der Waals surface area contributed by atoms with E-state index in [2.05, 4.69) is 54.1 Å². The number of rotatable bonds is 2. The first-order valence-electron chi connectivity index (χ1n) is 3.44. The molecule has 0 saturated carbocycles. The van der Waals surface area contributed by atoms with Gasteiger partial charge in [-0.15, -0.1) is 6.58 Å². The molecule has 1 rings (SSSR count). The SMILES string of the molecule is C=C[Si](C)(C)n1cccc1. The lowest BCUT2D eigenvalue weighted by Crippen LogP contribution is -2.32. The van der Waals surface area contributed by atoms with Crippen LogP contribution in [0.15, 0.2) is 36.8 Å². The van der Waals surface area contributed by atoms with Gasteiger partial charge in [0.1, 0.15) is 0 Å². The van der Waals surface area contributed by atoms with E-state index in [1.165, 1.54) is 0 Å². The van der Waals surface area contributed by atoms with Crippen LogP contribution in [0.5, 0.6) is 0 Å². The zero-order valence-electron chi connectivity index (χ0n) is 6.54. The molecule has 0 saturated heterocycles. The van der Waals surface area contributed by atoms with Gasteiger partial charge in [0.15, 0.2) is 8.24 Å². The molecule has 0 unspecified atom stereocenters. The molecule has 0 radical (unpaired) electrons. The van der Waals surface area contributed by atoms with E-state index < -0.39 is 8.24 Å². The lowest BCUT2D eigenvalue weighted by molar-refractivity contribution is 1.17.